The number of nitrogens with zero attached hydrogens (tertiary/aromatic N) is 2. The van der Waals surface area contributed by atoms with Crippen LogP contribution in [0.5, 0.6) is 0 Å². The second-order valence-corrected chi connectivity index (χ2v) is 5.64. The average molecular weight is 341 g/mol. The number of carboxylic acid groups (broad SMARTS) is 1. The molecule has 0 saturated carbocycles. The Labute approximate surface area is 121 Å². The highest BCUT2D eigenvalue weighted by molar-refractivity contribution is 9.10. The van der Waals surface area contributed by atoms with Gasteiger partial charge in [0, 0.05) is 28.8 Å². The zero-order chi connectivity index (χ0) is 14.0. The van der Waals surface area contributed by atoms with Crippen LogP contribution in [0, 0.1) is 0 Å². The summed E-state index contributed by atoms with van der Waals surface area (Å²) in [5.74, 6) is -1.04. The van der Waals surface area contributed by atoms with Gasteiger partial charge in [0.05, 0.1) is 5.56 Å². The van der Waals surface area contributed by atoms with Crippen LogP contribution in [0.15, 0.2) is 49.8 Å². The Bertz CT molecular complexity index is 700. The van der Waals surface area contributed by atoms with Gasteiger partial charge in [-0.05, 0) is 18.2 Å². The molecule has 5 nitrogen and oxygen atoms in total. The maximum atomic E-state index is 11.9. The molecule has 0 unspecified atom stereocenters. The standard InChI is InChI=1S/C12H9BrN2O3S/c1-15-5-4-14-10(11(15)16)19-9-6-7(13)2-3-8(9)12(17)18/h2-6H,1H3,(H,17,18). The lowest BCUT2D eigenvalue weighted by Crippen LogP contribution is -2.18. The minimum atomic E-state index is -1.04. The summed E-state index contributed by atoms with van der Waals surface area (Å²) < 4.78 is 2.14. The van der Waals surface area contributed by atoms with Gasteiger partial charge in [-0.25, -0.2) is 9.78 Å². The van der Waals surface area contributed by atoms with Crippen LogP contribution in [0.2, 0.25) is 0 Å². The van der Waals surface area contributed by atoms with E-state index in [0.717, 1.165) is 16.2 Å². The quantitative estimate of drug-likeness (QED) is 0.928. The number of carboxylic acids is 1. The van der Waals surface area contributed by atoms with Crippen molar-refractivity contribution in [2.45, 2.75) is 9.92 Å². The lowest BCUT2D eigenvalue weighted by atomic mass is 10.2. The number of aromatic nitrogens is 2. The molecule has 19 heavy (non-hydrogen) atoms. The highest BCUT2D eigenvalue weighted by atomic mass is 79.9. The van der Waals surface area contributed by atoms with Crippen LogP contribution >= 0.6 is 27.7 Å². The molecule has 98 valence electrons. The van der Waals surface area contributed by atoms with Crippen LogP contribution in [0.1, 0.15) is 10.4 Å². The molecule has 0 radical (unpaired) electrons. The van der Waals surface area contributed by atoms with Gasteiger partial charge in [-0.2, -0.15) is 0 Å². The molecule has 0 atom stereocenters. The molecule has 1 aromatic carbocycles. The van der Waals surface area contributed by atoms with Gasteiger partial charge >= 0.3 is 5.97 Å². The predicted octanol–water partition coefficient (Wildman–Crippen LogP) is 2.39. The third kappa shape index (κ3) is 3.05. The first-order valence-electron chi connectivity index (χ1n) is 5.21. The van der Waals surface area contributed by atoms with Gasteiger partial charge in [-0.1, -0.05) is 27.7 Å². The Kier molecular flexibility index (Phi) is 4.06. The molecule has 7 heteroatoms. The molecule has 1 aromatic heterocycles. The van der Waals surface area contributed by atoms with E-state index in [1.807, 2.05) is 0 Å². The van der Waals surface area contributed by atoms with E-state index in [9.17, 15) is 9.59 Å². The van der Waals surface area contributed by atoms with Crippen molar-refractivity contribution in [3.8, 4) is 0 Å². The molecule has 0 spiro atoms. The summed E-state index contributed by atoms with van der Waals surface area (Å²) in [6, 6.07) is 4.79. The molecular formula is C12H9BrN2O3S. The van der Waals surface area contributed by atoms with Crippen molar-refractivity contribution in [1.82, 2.24) is 9.55 Å². The maximum Gasteiger partial charge on any atom is 0.336 e. The van der Waals surface area contributed by atoms with Crippen molar-refractivity contribution in [1.29, 1.82) is 0 Å². The number of carbonyl (C=O) groups is 1. The fourth-order valence-electron chi connectivity index (χ4n) is 1.41. The van der Waals surface area contributed by atoms with Gasteiger partial charge in [-0.15, -0.1) is 0 Å². The monoisotopic (exact) mass is 340 g/mol. The second-order valence-electron chi connectivity index (χ2n) is 3.70. The minimum absolute atomic E-state index is 0.140. The maximum absolute atomic E-state index is 11.9. The van der Waals surface area contributed by atoms with E-state index in [0.29, 0.717) is 4.90 Å². The van der Waals surface area contributed by atoms with E-state index in [-0.39, 0.29) is 16.1 Å². The highest BCUT2D eigenvalue weighted by Crippen LogP contribution is 2.29. The largest absolute Gasteiger partial charge is 0.478 e. The first-order valence-corrected chi connectivity index (χ1v) is 6.82. The number of hydrogen-bond acceptors (Lipinski definition) is 4. The van der Waals surface area contributed by atoms with E-state index < -0.39 is 5.97 Å². The van der Waals surface area contributed by atoms with E-state index in [1.165, 1.54) is 16.8 Å². The van der Waals surface area contributed by atoms with Crippen LogP contribution in [0.25, 0.3) is 0 Å². The lowest BCUT2D eigenvalue weighted by molar-refractivity contribution is 0.0693. The molecular weight excluding hydrogens is 332 g/mol. The van der Waals surface area contributed by atoms with Crippen LogP contribution in [0.3, 0.4) is 0 Å². The Balaban J connectivity index is 2.48. The zero-order valence-corrected chi connectivity index (χ0v) is 12.2. The molecule has 2 rings (SSSR count). The van der Waals surface area contributed by atoms with E-state index >= 15 is 0 Å². The SMILES string of the molecule is Cn1ccnc(Sc2cc(Br)ccc2C(=O)O)c1=O. The number of aromatic carboxylic acids is 1. The highest BCUT2D eigenvalue weighted by Gasteiger charge is 2.14. The summed E-state index contributed by atoms with van der Waals surface area (Å²) in [6.45, 7) is 0. The number of hydrogen-bond donors (Lipinski definition) is 1. The molecule has 0 aliphatic carbocycles. The Morgan fingerprint density at radius 1 is 1.47 bits per heavy atom. The summed E-state index contributed by atoms with van der Waals surface area (Å²) in [5.41, 5.74) is -0.121. The van der Waals surface area contributed by atoms with Gasteiger partial charge in [-0.3, -0.25) is 4.79 Å². The molecule has 2 aromatic rings. The van der Waals surface area contributed by atoms with Gasteiger partial charge < -0.3 is 9.67 Å². The Morgan fingerprint density at radius 2 is 2.21 bits per heavy atom. The zero-order valence-electron chi connectivity index (χ0n) is 9.83. The number of benzene rings is 1. The van der Waals surface area contributed by atoms with Crippen molar-refractivity contribution in [2.24, 2.45) is 7.05 Å². The molecule has 1 N–H and O–H groups in total. The first-order chi connectivity index (χ1) is 8.99. The number of aryl methyl sites for hydroxylation is 1. The van der Waals surface area contributed by atoms with Gasteiger partial charge in [0.2, 0.25) is 0 Å². The second kappa shape index (κ2) is 5.58. The predicted molar refractivity (Wildman–Crippen MR) is 74.7 cm³/mol. The van der Waals surface area contributed by atoms with E-state index in [1.54, 1.807) is 25.4 Å². The summed E-state index contributed by atoms with van der Waals surface area (Å²) in [4.78, 5) is 27.5. The van der Waals surface area contributed by atoms with Crippen LogP contribution in [0.4, 0.5) is 0 Å². The van der Waals surface area contributed by atoms with Crippen molar-refractivity contribution < 1.29 is 9.90 Å². The van der Waals surface area contributed by atoms with Gasteiger partial charge in [0.15, 0.2) is 5.03 Å². The fourth-order valence-corrected chi connectivity index (χ4v) is 2.92. The molecule has 1 heterocycles. The van der Waals surface area contributed by atoms with E-state index in [2.05, 4.69) is 20.9 Å². The molecule has 0 aliphatic heterocycles. The van der Waals surface area contributed by atoms with Crippen molar-refractivity contribution in [3.05, 3.63) is 51.0 Å². The topological polar surface area (TPSA) is 72.2 Å². The summed E-state index contributed by atoms with van der Waals surface area (Å²) in [7, 11) is 1.62. The minimum Gasteiger partial charge on any atom is -0.478 e. The Morgan fingerprint density at radius 3 is 2.89 bits per heavy atom. The molecule has 0 bridgehead atoms. The molecule has 0 saturated heterocycles. The summed E-state index contributed by atoms with van der Waals surface area (Å²) in [6.07, 6.45) is 3.05. The normalized spacial score (nSPS) is 10.4. The molecule has 0 amide bonds. The third-order valence-electron chi connectivity index (χ3n) is 2.37. The van der Waals surface area contributed by atoms with Crippen molar-refractivity contribution in [3.63, 3.8) is 0 Å². The fraction of sp³-hybridized carbons (Fsp3) is 0.0833. The Hall–Kier alpha value is -1.60. The first kappa shape index (κ1) is 13.8. The smallest absolute Gasteiger partial charge is 0.336 e. The van der Waals surface area contributed by atoms with Gasteiger partial charge in [0.25, 0.3) is 5.56 Å². The lowest BCUT2D eigenvalue weighted by Gasteiger charge is -2.06. The average Bonchev–Trinajstić information content (AvgIpc) is 2.35. The number of rotatable bonds is 3. The summed E-state index contributed by atoms with van der Waals surface area (Å²) in [5, 5.41) is 9.37. The van der Waals surface area contributed by atoms with Crippen molar-refractivity contribution >= 4 is 33.7 Å². The van der Waals surface area contributed by atoms with Crippen LogP contribution < -0.4 is 5.56 Å². The summed E-state index contributed by atoms with van der Waals surface area (Å²) >= 11 is 4.32. The van der Waals surface area contributed by atoms with E-state index in [4.69, 9.17) is 5.11 Å². The third-order valence-corrected chi connectivity index (χ3v) is 3.89. The molecule has 0 fully saturated rings. The number of halogens is 1. The van der Waals surface area contributed by atoms with Crippen molar-refractivity contribution in [2.75, 3.05) is 0 Å². The van der Waals surface area contributed by atoms with Gasteiger partial charge in [0.1, 0.15) is 0 Å². The van der Waals surface area contributed by atoms with Crippen LogP contribution in [-0.4, -0.2) is 20.6 Å². The molecule has 0 aliphatic rings. The van der Waals surface area contributed by atoms with Crippen LogP contribution in [-0.2, 0) is 7.05 Å².